The number of hydrogen-bond donors (Lipinski definition) is 1. The molecule has 96 valence electrons. The van der Waals surface area contributed by atoms with Gasteiger partial charge in [-0.25, -0.2) is 0 Å². The summed E-state index contributed by atoms with van der Waals surface area (Å²) in [6.07, 6.45) is -0.691. The van der Waals surface area contributed by atoms with Crippen LogP contribution >= 0.6 is 0 Å². The number of carbonyl (C=O) groups is 1. The zero-order chi connectivity index (χ0) is 13.7. The van der Waals surface area contributed by atoms with Crippen molar-refractivity contribution in [3.63, 3.8) is 0 Å². The Hall–Kier alpha value is -2.21. The van der Waals surface area contributed by atoms with Crippen LogP contribution in [-0.4, -0.2) is 22.1 Å². The van der Waals surface area contributed by atoms with E-state index in [1.54, 1.807) is 0 Å². The third-order valence-electron chi connectivity index (χ3n) is 2.29. The summed E-state index contributed by atoms with van der Waals surface area (Å²) < 4.78 is 4.85. The molecule has 0 saturated heterocycles. The Balaban J connectivity index is 2.88. The molecule has 1 N–H and O–H groups in total. The molecular formula is C12H13NO5. The first-order chi connectivity index (χ1) is 8.45. The van der Waals surface area contributed by atoms with E-state index in [9.17, 15) is 20.0 Å². The third kappa shape index (κ3) is 3.39. The van der Waals surface area contributed by atoms with Crippen molar-refractivity contribution in [3.05, 3.63) is 52.6 Å². The molecule has 0 fully saturated rings. The molecule has 0 saturated carbocycles. The Morgan fingerprint density at radius 3 is 2.44 bits per heavy atom. The molecule has 6 heteroatoms. The van der Waals surface area contributed by atoms with E-state index >= 15 is 0 Å². The van der Waals surface area contributed by atoms with Gasteiger partial charge in [-0.1, -0.05) is 6.58 Å². The van der Waals surface area contributed by atoms with Gasteiger partial charge in [0.2, 0.25) is 0 Å². The van der Waals surface area contributed by atoms with Crippen molar-refractivity contribution in [1.82, 2.24) is 0 Å². The number of aliphatic hydroxyl groups is 1. The summed E-state index contributed by atoms with van der Waals surface area (Å²) in [4.78, 5) is 20.8. The van der Waals surface area contributed by atoms with Gasteiger partial charge in [-0.3, -0.25) is 14.9 Å². The standard InChI is InChI=1S/C12H13NO5/c1-3-11(18-8(2)14)12(15)9-4-6-10(7-5-9)13(16)17/h3-7,11-12,15H,1H2,2H3/t11-,12+/m1/s1. The molecule has 0 aliphatic carbocycles. The van der Waals surface area contributed by atoms with Gasteiger partial charge in [-0.05, 0) is 23.8 Å². The van der Waals surface area contributed by atoms with Crippen molar-refractivity contribution < 1.29 is 19.6 Å². The van der Waals surface area contributed by atoms with Crippen molar-refractivity contribution in [3.8, 4) is 0 Å². The zero-order valence-electron chi connectivity index (χ0n) is 9.78. The molecule has 6 nitrogen and oxygen atoms in total. The summed E-state index contributed by atoms with van der Waals surface area (Å²) in [5.41, 5.74) is 0.334. The molecule has 0 aliphatic heterocycles. The Labute approximate surface area is 104 Å². The van der Waals surface area contributed by atoms with Gasteiger partial charge in [-0.2, -0.15) is 0 Å². The largest absolute Gasteiger partial charge is 0.455 e. The zero-order valence-corrected chi connectivity index (χ0v) is 9.78. The minimum atomic E-state index is -1.10. The number of non-ortho nitro benzene ring substituents is 1. The van der Waals surface area contributed by atoms with Crippen LogP contribution in [0.2, 0.25) is 0 Å². The highest BCUT2D eigenvalue weighted by atomic mass is 16.6. The van der Waals surface area contributed by atoms with Gasteiger partial charge >= 0.3 is 5.97 Å². The lowest BCUT2D eigenvalue weighted by Crippen LogP contribution is -2.22. The average molecular weight is 251 g/mol. The van der Waals surface area contributed by atoms with E-state index in [1.807, 2.05) is 0 Å². The monoisotopic (exact) mass is 251 g/mol. The lowest BCUT2D eigenvalue weighted by atomic mass is 10.0. The van der Waals surface area contributed by atoms with Crippen molar-refractivity contribution in [1.29, 1.82) is 0 Å². The molecule has 0 aromatic heterocycles. The smallest absolute Gasteiger partial charge is 0.303 e. The summed E-state index contributed by atoms with van der Waals surface area (Å²) >= 11 is 0. The molecular weight excluding hydrogens is 238 g/mol. The molecule has 1 rings (SSSR count). The minimum absolute atomic E-state index is 0.0754. The maximum Gasteiger partial charge on any atom is 0.303 e. The summed E-state index contributed by atoms with van der Waals surface area (Å²) in [7, 11) is 0. The first-order valence-electron chi connectivity index (χ1n) is 5.18. The highest BCUT2D eigenvalue weighted by molar-refractivity contribution is 5.66. The van der Waals surface area contributed by atoms with Crippen LogP contribution in [0.3, 0.4) is 0 Å². The fraction of sp³-hybridized carbons (Fsp3) is 0.250. The fourth-order valence-electron chi connectivity index (χ4n) is 1.42. The first-order valence-corrected chi connectivity index (χ1v) is 5.18. The SMILES string of the molecule is C=C[C@@H](OC(C)=O)[C@@H](O)c1ccc([N+](=O)[O-])cc1. The quantitative estimate of drug-likeness (QED) is 0.372. The van der Waals surface area contributed by atoms with E-state index in [2.05, 4.69) is 6.58 Å². The lowest BCUT2D eigenvalue weighted by molar-refractivity contribution is -0.384. The topological polar surface area (TPSA) is 89.7 Å². The summed E-state index contributed by atoms with van der Waals surface area (Å²) in [6.45, 7) is 4.68. The summed E-state index contributed by atoms with van der Waals surface area (Å²) in [6, 6.07) is 5.35. The molecule has 18 heavy (non-hydrogen) atoms. The van der Waals surface area contributed by atoms with E-state index in [0.29, 0.717) is 5.56 Å². The molecule has 0 heterocycles. The molecule has 1 aromatic rings. The highest BCUT2D eigenvalue weighted by Crippen LogP contribution is 2.22. The van der Waals surface area contributed by atoms with E-state index in [1.165, 1.54) is 37.3 Å². The van der Waals surface area contributed by atoms with Crippen LogP contribution in [0.1, 0.15) is 18.6 Å². The van der Waals surface area contributed by atoms with E-state index < -0.39 is 23.1 Å². The number of nitro groups is 1. The molecule has 0 amide bonds. The Kier molecular flexibility index (Phi) is 4.56. The van der Waals surface area contributed by atoms with Gasteiger partial charge in [-0.15, -0.1) is 0 Å². The number of benzene rings is 1. The lowest BCUT2D eigenvalue weighted by Gasteiger charge is -2.19. The summed E-state index contributed by atoms with van der Waals surface area (Å²) in [5, 5.41) is 20.4. The predicted octanol–water partition coefficient (Wildman–Crippen LogP) is 1.75. The van der Waals surface area contributed by atoms with Crippen molar-refractivity contribution >= 4 is 11.7 Å². The van der Waals surface area contributed by atoms with E-state index in [-0.39, 0.29) is 5.69 Å². The van der Waals surface area contributed by atoms with Crippen molar-refractivity contribution in [2.75, 3.05) is 0 Å². The number of nitro benzene ring substituents is 1. The van der Waals surface area contributed by atoms with Gasteiger partial charge in [0, 0.05) is 19.1 Å². The summed E-state index contributed by atoms with van der Waals surface area (Å²) in [5.74, 6) is -0.541. The molecule has 0 aliphatic rings. The Bertz CT molecular complexity index is 454. The first kappa shape index (κ1) is 13.9. The third-order valence-corrected chi connectivity index (χ3v) is 2.29. The van der Waals surface area contributed by atoms with Gasteiger partial charge < -0.3 is 9.84 Å². The van der Waals surface area contributed by atoms with Crippen LogP contribution in [0.4, 0.5) is 5.69 Å². The molecule has 0 spiro atoms. The predicted molar refractivity (Wildman–Crippen MR) is 63.8 cm³/mol. The molecule has 0 radical (unpaired) electrons. The number of esters is 1. The van der Waals surface area contributed by atoms with Crippen LogP contribution in [0.15, 0.2) is 36.9 Å². The number of carbonyl (C=O) groups excluding carboxylic acids is 1. The van der Waals surface area contributed by atoms with Crippen LogP contribution in [0.25, 0.3) is 0 Å². The Morgan fingerprint density at radius 2 is 2.06 bits per heavy atom. The molecule has 0 bridgehead atoms. The fourth-order valence-corrected chi connectivity index (χ4v) is 1.42. The number of nitrogens with zero attached hydrogens (tertiary/aromatic N) is 1. The number of rotatable bonds is 5. The van der Waals surface area contributed by atoms with E-state index in [0.717, 1.165) is 0 Å². The molecule has 0 unspecified atom stereocenters. The van der Waals surface area contributed by atoms with E-state index in [4.69, 9.17) is 4.74 Å². The van der Waals surface area contributed by atoms with Crippen molar-refractivity contribution in [2.45, 2.75) is 19.1 Å². The second-order valence-electron chi connectivity index (χ2n) is 3.60. The van der Waals surface area contributed by atoms with Gasteiger partial charge in [0.25, 0.3) is 5.69 Å². The Morgan fingerprint density at radius 1 is 1.50 bits per heavy atom. The van der Waals surface area contributed by atoms with Crippen LogP contribution in [0.5, 0.6) is 0 Å². The van der Waals surface area contributed by atoms with Gasteiger partial charge in [0.1, 0.15) is 12.2 Å². The molecule has 1 aromatic carbocycles. The van der Waals surface area contributed by atoms with Crippen LogP contribution in [-0.2, 0) is 9.53 Å². The minimum Gasteiger partial charge on any atom is -0.455 e. The van der Waals surface area contributed by atoms with Crippen molar-refractivity contribution in [2.24, 2.45) is 0 Å². The van der Waals surface area contributed by atoms with Crippen LogP contribution in [0, 0.1) is 10.1 Å². The highest BCUT2D eigenvalue weighted by Gasteiger charge is 2.21. The maximum atomic E-state index is 10.8. The van der Waals surface area contributed by atoms with Gasteiger partial charge in [0.15, 0.2) is 0 Å². The normalized spacial score (nSPS) is 13.4. The maximum absolute atomic E-state index is 10.8. The second-order valence-corrected chi connectivity index (χ2v) is 3.60. The number of ether oxygens (including phenoxy) is 1. The van der Waals surface area contributed by atoms with Gasteiger partial charge in [0.05, 0.1) is 4.92 Å². The molecule has 2 atom stereocenters. The second kappa shape index (κ2) is 5.92. The number of hydrogen-bond acceptors (Lipinski definition) is 5. The average Bonchev–Trinajstić information content (AvgIpc) is 2.35. The number of aliphatic hydroxyl groups excluding tert-OH is 1. The van der Waals surface area contributed by atoms with Crippen LogP contribution < -0.4 is 0 Å².